The fourth-order valence-corrected chi connectivity index (χ4v) is 3.28. The average molecular weight is 352 g/mol. The molecule has 1 saturated carbocycles. The maximum atomic E-state index is 12.5. The highest BCUT2D eigenvalue weighted by Crippen LogP contribution is 2.42. The molecular formula is C20H20N2O4. The molecule has 1 aliphatic heterocycles. The van der Waals surface area contributed by atoms with Crippen LogP contribution >= 0.6 is 0 Å². The van der Waals surface area contributed by atoms with Crippen molar-refractivity contribution in [3.05, 3.63) is 58.7 Å². The maximum Gasteiger partial charge on any atom is 0.254 e. The van der Waals surface area contributed by atoms with Crippen LogP contribution in [0.5, 0.6) is 11.5 Å². The van der Waals surface area contributed by atoms with Crippen molar-refractivity contribution < 1.29 is 19.4 Å². The summed E-state index contributed by atoms with van der Waals surface area (Å²) in [6.07, 6.45) is 1.99. The molecule has 0 spiro atoms. The highest BCUT2D eigenvalue weighted by atomic mass is 16.5. The van der Waals surface area contributed by atoms with Crippen molar-refractivity contribution in [1.29, 1.82) is 0 Å². The number of amides is 2. The van der Waals surface area contributed by atoms with Gasteiger partial charge in [0.1, 0.15) is 11.5 Å². The van der Waals surface area contributed by atoms with Crippen molar-refractivity contribution in [1.82, 2.24) is 10.6 Å². The van der Waals surface area contributed by atoms with Gasteiger partial charge in [-0.05, 0) is 42.7 Å². The van der Waals surface area contributed by atoms with E-state index >= 15 is 0 Å². The quantitative estimate of drug-likeness (QED) is 0.787. The highest BCUT2D eigenvalue weighted by molar-refractivity contribution is 6.02. The zero-order valence-corrected chi connectivity index (χ0v) is 14.4. The number of carbonyl (C=O) groups excluding carboxylic acids is 2. The maximum absolute atomic E-state index is 12.5. The van der Waals surface area contributed by atoms with Crippen molar-refractivity contribution in [2.45, 2.75) is 24.8 Å². The van der Waals surface area contributed by atoms with Gasteiger partial charge in [0.25, 0.3) is 11.8 Å². The zero-order chi connectivity index (χ0) is 18.3. The van der Waals surface area contributed by atoms with Gasteiger partial charge >= 0.3 is 0 Å². The number of rotatable bonds is 4. The second-order valence-corrected chi connectivity index (χ2v) is 6.73. The second-order valence-electron chi connectivity index (χ2n) is 6.73. The number of phenols is 1. The van der Waals surface area contributed by atoms with Crippen LogP contribution in [0, 0.1) is 0 Å². The van der Waals surface area contributed by atoms with E-state index < -0.39 is 0 Å². The van der Waals surface area contributed by atoms with E-state index in [9.17, 15) is 14.7 Å². The van der Waals surface area contributed by atoms with E-state index in [1.807, 2.05) is 6.07 Å². The van der Waals surface area contributed by atoms with Gasteiger partial charge in [0, 0.05) is 30.1 Å². The number of phenolic OH excluding ortho intramolecular Hbond substituents is 1. The predicted octanol–water partition coefficient (Wildman–Crippen LogP) is 2.17. The number of ether oxygens (including phenoxy) is 1. The first-order chi connectivity index (χ1) is 12.6. The number of nitrogens with one attached hydrogen (secondary N) is 2. The summed E-state index contributed by atoms with van der Waals surface area (Å²) in [5.41, 5.74) is 2.47. The van der Waals surface area contributed by atoms with E-state index in [2.05, 4.69) is 10.6 Å². The van der Waals surface area contributed by atoms with Crippen LogP contribution in [0.15, 0.2) is 36.4 Å². The van der Waals surface area contributed by atoms with E-state index in [0.29, 0.717) is 23.5 Å². The molecule has 2 aromatic carbocycles. The number of aromatic hydroxyl groups is 1. The third-order valence-electron chi connectivity index (χ3n) is 4.81. The van der Waals surface area contributed by atoms with E-state index in [-0.39, 0.29) is 29.5 Å². The topological polar surface area (TPSA) is 87.7 Å². The van der Waals surface area contributed by atoms with Crippen LogP contribution in [0.3, 0.4) is 0 Å². The van der Waals surface area contributed by atoms with E-state index in [4.69, 9.17) is 4.74 Å². The molecule has 0 bridgehead atoms. The molecule has 3 N–H and O–H groups in total. The normalized spacial score (nSPS) is 18.0. The molecule has 2 aromatic rings. The molecule has 1 heterocycles. The molecule has 6 heteroatoms. The van der Waals surface area contributed by atoms with Crippen LogP contribution in [0.1, 0.15) is 50.6 Å². The number of fused-ring (bicyclic) bond motifs is 1. The minimum absolute atomic E-state index is 0.144. The lowest BCUT2D eigenvalue weighted by Gasteiger charge is -2.13. The number of carbonyl (C=O) groups is 2. The van der Waals surface area contributed by atoms with Gasteiger partial charge in [-0.1, -0.05) is 12.1 Å². The number of benzene rings is 2. The van der Waals surface area contributed by atoms with Crippen molar-refractivity contribution in [2.24, 2.45) is 0 Å². The van der Waals surface area contributed by atoms with Gasteiger partial charge < -0.3 is 20.5 Å². The Labute approximate surface area is 151 Å². The SMILES string of the molecule is CNC(=O)c1cc(C(=O)NC2CC2)cc2c1OCC2c1cccc(O)c1. The molecule has 2 aliphatic rings. The third-order valence-corrected chi connectivity index (χ3v) is 4.81. The van der Waals surface area contributed by atoms with Crippen LogP contribution in [0.25, 0.3) is 0 Å². The van der Waals surface area contributed by atoms with Crippen LogP contribution in [0.4, 0.5) is 0 Å². The molecule has 2 amide bonds. The van der Waals surface area contributed by atoms with Gasteiger partial charge in [-0.3, -0.25) is 9.59 Å². The monoisotopic (exact) mass is 352 g/mol. The second kappa shape index (κ2) is 6.37. The first-order valence-electron chi connectivity index (χ1n) is 8.69. The van der Waals surface area contributed by atoms with Gasteiger partial charge in [0.15, 0.2) is 0 Å². The standard InChI is InChI=1S/C20H20N2O4/c1-21-20(25)16-9-12(19(24)22-13-5-6-13)8-15-17(10-26-18(15)16)11-3-2-4-14(23)7-11/h2-4,7-9,13,17,23H,5-6,10H2,1H3,(H,21,25)(H,22,24). The average Bonchev–Trinajstić information content (AvgIpc) is 3.35. The molecule has 1 fully saturated rings. The molecule has 134 valence electrons. The van der Waals surface area contributed by atoms with E-state index in [0.717, 1.165) is 24.0 Å². The smallest absolute Gasteiger partial charge is 0.254 e. The molecule has 1 atom stereocenters. The fraction of sp³-hybridized carbons (Fsp3) is 0.300. The Hall–Kier alpha value is -3.02. The molecule has 1 unspecified atom stereocenters. The Morgan fingerprint density at radius 3 is 2.65 bits per heavy atom. The summed E-state index contributed by atoms with van der Waals surface area (Å²) in [6, 6.07) is 10.6. The number of hydrogen-bond donors (Lipinski definition) is 3. The molecule has 1 aliphatic carbocycles. The molecule has 0 aromatic heterocycles. The molecule has 0 radical (unpaired) electrons. The Balaban J connectivity index is 1.78. The van der Waals surface area contributed by atoms with Gasteiger partial charge in [-0.15, -0.1) is 0 Å². The Kier molecular flexibility index (Phi) is 4.03. The number of hydrogen-bond acceptors (Lipinski definition) is 4. The summed E-state index contributed by atoms with van der Waals surface area (Å²) in [5.74, 6) is 0.0563. The van der Waals surface area contributed by atoms with Crippen LogP contribution in [-0.2, 0) is 0 Å². The minimum Gasteiger partial charge on any atom is -0.508 e. The largest absolute Gasteiger partial charge is 0.508 e. The molecular weight excluding hydrogens is 332 g/mol. The molecule has 26 heavy (non-hydrogen) atoms. The summed E-state index contributed by atoms with van der Waals surface area (Å²) in [6.45, 7) is 0.358. The van der Waals surface area contributed by atoms with Crippen molar-refractivity contribution >= 4 is 11.8 Å². The van der Waals surface area contributed by atoms with Crippen LogP contribution in [-0.4, -0.2) is 36.6 Å². The van der Waals surface area contributed by atoms with Gasteiger partial charge in [0.2, 0.25) is 0 Å². The van der Waals surface area contributed by atoms with Crippen LogP contribution in [0.2, 0.25) is 0 Å². The first kappa shape index (κ1) is 16.4. The Morgan fingerprint density at radius 1 is 1.15 bits per heavy atom. The van der Waals surface area contributed by atoms with Gasteiger partial charge in [0.05, 0.1) is 12.2 Å². The lowest BCUT2D eigenvalue weighted by molar-refractivity contribution is 0.0951. The van der Waals surface area contributed by atoms with Crippen molar-refractivity contribution in [2.75, 3.05) is 13.7 Å². The fourth-order valence-electron chi connectivity index (χ4n) is 3.28. The Morgan fingerprint density at radius 2 is 1.96 bits per heavy atom. The van der Waals surface area contributed by atoms with Gasteiger partial charge in [-0.25, -0.2) is 0 Å². The first-order valence-corrected chi connectivity index (χ1v) is 8.69. The molecule has 6 nitrogen and oxygen atoms in total. The highest BCUT2D eigenvalue weighted by Gasteiger charge is 2.32. The van der Waals surface area contributed by atoms with Crippen LogP contribution < -0.4 is 15.4 Å². The predicted molar refractivity (Wildman–Crippen MR) is 95.8 cm³/mol. The summed E-state index contributed by atoms with van der Waals surface area (Å²) < 4.78 is 5.81. The molecule has 0 saturated heterocycles. The van der Waals surface area contributed by atoms with E-state index in [1.54, 1.807) is 37.4 Å². The van der Waals surface area contributed by atoms with Crippen molar-refractivity contribution in [3.63, 3.8) is 0 Å². The minimum atomic E-state index is -0.293. The summed E-state index contributed by atoms with van der Waals surface area (Å²) in [7, 11) is 1.55. The summed E-state index contributed by atoms with van der Waals surface area (Å²) in [5, 5.41) is 15.3. The third kappa shape index (κ3) is 2.98. The van der Waals surface area contributed by atoms with E-state index in [1.165, 1.54) is 0 Å². The molecule has 4 rings (SSSR count). The Bertz CT molecular complexity index is 889. The lowest BCUT2D eigenvalue weighted by Crippen LogP contribution is -2.26. The summed E-state index contributed by atoms with van der Waals surface area (Å²) >= 11 is 0. The lowest BCUT2D eigenvalue weighted by atomic mass is 9.90. The summed E-state index contributed by atoms with van der Waals surface area (Å²) in [4.78, 5) is 24.8. The van der Waals surface area contributed by atoms with Crippen molar-refractivity contribution in [3.8, 4) is 11.5 Å². The van der Waals surface area contributed by atoms with Gasteiger partial charge in [-0.2, -0.15) is 0 Å². The zero-order valence-electron chi connectivity index (χ0n) is 14.4.